The lowest BCUT2D eigenvalue weighted by atomic mass is 9.96. The van der Waals surface area contributed by atoms with Crippen LogP contribution in [0.1, 0.15) is 18.4 Å². The number of hydrogen-bond acceptors (Lipinski definition) is 4. The van der Waals surface area contributed by atoms with Crippen molar-refractivity contribution in [2.24, 2.45) is 5.92 Å². The van der Waals surface area contributed by atoms with Gasteiger partial charge in [-0.2, -0.15) is 0 Å². The summed E-state index contributed by atoms with van der Waals surface area (Å²) in [5, 5.41) is 6.01. The zero-order valence-electron chi connectivity index (χ0n) is 15.5. The van der Waals surface area contributed by atoms with Gasteiger partial charge in [0.2, 0.25) is 5.91 Å². The lowest BCUT2D eigenvalue weighted by Crippen LogP contribution is -2.40. The van der Waals surface area contributed by atoms with Crippen molar-refractivity contribution in [3.63, 3.8) is 0 Å². The molecule has 0 aliphatic carbocycles. The molecule has 1 saturated heterocycles. The number of benzene rings is 2. The highest BCUT2D eigenvalue weighted by Gasteiger charge is 2.26. The summed E-state index contributed by atoms with van der Waals surface area (Å²) >= 11 is 1.59. The van der Waals surface area contributed by atoms with E-state index in [4.69, 9.17) is 4.98 Å². The van der Waals surface area contributed by atoms with Crippen LogP contribution in [0.2, 0.25) is 0 Å². The molecule has 1 aliphatic heterocycles. The molecule has 1 fully saturated rings. The van der Waals surface area contributed by atoms with E-state index >= 15 is 0 Å². The van der Waals surface area contributed by atoms with Crippen LogP contribution in [0.4, 0.5) is 9.52 Å². The summed E-state index contributed by atoms with van der Waals surface area (Å²) in [6.45, 7) is 2.22. The molecule has 0 saturated carbocycles. The first-order valence-corrected chi connectivity index (χ1v) is 10.3. The molecule has 1 N–H and O–H groups in total. The lowest BCUT2D eigenvalue weighted by Gasteiger charge is -2.31. The SMILES string of the molecule is O=C(NCc1ccccc1)C1CCN(c2nc(-c3ccc(F)cc3)cs2)CC1. The topological polar surface area (TPSA) is 45.2 Å². The second-order valence-electron chi connectivity index (χ2n) is 6.99. The first-order valence-electron chi connectivity index (χ1n) is 9.47. The molecule has 0 bridgehead atoms. The van der Waals surface area contributed by atoms with Crippen LogP contribution in [-0.4, -0.2) is 24.0 Å². The Bertz CT molecular complexity index is 918. The van der Waals surface area contributed by atoms with Gasteiger partial charge in [0, 0.05) is 36.5 Å². The minimum atomic E-state index is -0.244. The summed E-state index contributed by atoms with van der Waals surface area (Å²) in [4.78, 5) is 19.4. The van der Waals surface area contributed by atoms with Crippen LogP contribution in [0.25, 0.3) is 11.3 Å². The van der Waals surface area contributed by atoms with Crippen molar-refractivity contribution in [3.05, 3.63) is 71.4 Å². The van der Waals surface area contributed by atoms with Crippen LogP contribution < -0.4 is 10.2 Å². The predicted octanol–water partition coefficient (Wildman–Crippen LogP) is 4.48. The quantitative estimate of drug-likeness (QED) is 0.693. The van der Waals surface area contributed by atoms with E-state index in [1.165, 1.54) is 12.1 Å². The summed E-state index contributed by atoms with van der Waals surface area (Å²) in [6, 6.07) is 16.4. The van der Waals surface area contributed by atoms with Crippen LogP contribution in [-0.2, 0) is 11.3 Å². The highest BCUT2D eigenvalue weighted by Crippen LogP contribution is 2.30. The van der Waals surface area contributed by atoms with Crippen LogP contribution >= 0.6 is 11.3 Å². The number of thiazole rings is 1. The molecule has 2 aromatic carbocycles. The number of hydrogen-bond donors (Lipinski definition) is 1. The van der Waals surface area contributed by atoms with Gasteiger partial charge < -0.3 is 10.2 Å². The van der Waals surface area contributed by atoms with Gasteiger partial charge >= 0.3 is 0 Å². The molecule has 0 atom stereocenters. The van der Waals surface area contributed by atoms with Crippen LogP contribution in [0, 0.1) is 11.7 Å². The fourth-order valence-electron chi connectivity index (χ4n) is 3.43. The van der Waals surface area contributed by atoms with Crippen molar-refractivity contribution in [1.82, 2.24) is 10.3 Å². The standard InChI is InChI=1S/C22H22FN3OS/c23-19-8-6-17(7-9-19)20-15-28-22(25-20)26-12-10-18(11-13-26)21(27)24-14-16-4-2-1-3-5-16/h1-9,15,18H,10-14H2,(H,24,27). The summed E-state index contributed by atoms with van der Waals surface area (Å²) in [5.41, 5.74) is 2.89. The van der Waals surface area contributed by atoms with E-state index in [0.717, 1.165) is 47.9 Å². The minimum Gasteiger partial charge on any atom is -0.352 e. The molecule has 0 radical (unpaired) electrons. The normalized spacial score (nSPS) is 14.8. The van der Waals surface area contributed by atoms with Crippen molar-refractivity contribution in [2.75, 3.05) is 18.0 Å². The number of amides is 1. The first kappa shape index (κ1) is 18.6. The van der Waals surface area contributed by atoms with Gasteiger partial charge in [-0.15, -0.1) is 11.3 Å². The molecular weight excluding hydrogens is 373 g/mol. The summed E-state index contributed by atoms with van der Waals surface area (Å²) < 4.78 is 13.1. The Kier molecular flexibility index (Phi) is 5.67. The maximum absolute atomic E-state index is 13.1. The molecular formula is C22H22FN3OS. The molecule has 1 amide bonds. The third-order valence-electron chi connectivity index (χ3n) is 5.08. The van der Waals surface area contributed by atoms with E-state index in [1.54, 1.807) is 23.5 Å². The molecule has 1 aliphatic rings. The van der Waals surface area contributed by atoms with E-state index < -0.39 is 0 Å². The van der Waals surface area contributed by atoms with Crippen molar-refractivity contribution < 1.29 is 9.18 Å². The predicted molar refractivity (Wildman–Crippen MR) is 111 cm³/mol. The fraction of sp³-hybridized carbons (Fsp3) is 0.273. The molecule has 3 aromatic rings. The Hall–Kier alpha value is -2.73. The molecule has 4 rings (SSSR count). The van der Waals surface area contributed by atoms with Crippen molar-refractivity contribution in [2.45, 2.75) is 19.4 Å². The number of anilines is 1. The number of halogens is 1. The summed E-state index contributed by atoms with van der Waals surface area (Å²) in [7, 11) is 0. The van der Waals surface area contributed by atoms with Gasteiger partial charge in [-0.1, -0.05) is 30.3 Å². The van der Waals surface area contributed by atoms with E-state index in [0.29, 0.717) is 6.54 Å². The third-order valence-corrected chi connectivity index (χ3v) is 5.98. The average molecular weight is 396 g/mol. The monoisotopic (exact) mass is 395 g/mol. The highest BCUT2D eigenvalue weighted by molar-refractivity contribution is 7.14. The fourth-order valence-corrected chi connectivity index (χ4v) is 4.31. The number of carbonyl (C=O) groups excluding carboxylic acids is 1. The molecule has 1 aromatic heterocycles. The maximum atomic E-state index is 13.1. The van der Waals surface area contributed by atoms with E-state index in [2.05, 4.69) is 10.2 Å². The van der Waals surface area contributed by atoms with E-state index in [-0.39, 0.29) is 17.6 Å². The van der Waals surface area contributed by atoms with Crippen LogP contribution in [0.5, 0.6) is 0 Å². The Balaban J connectivity index is 1.30. The second-order valence-corrected chi connectivity index (χ2v) is 7.82. The number of piperidine rings is 1. The largest absolute Gasteiger partial charge is 0.352 e. The number of rotatable bonds is 5. The number of aromatic nitrogens is 1. The second kappa shape index (κ2) is 8.52. The zero-order chi connectivity index (χ0) is 19.3. The Morgan fingerprint density at radius 2 is 1.82 bits per heavy atom. The smallest absolute Gasteiger partial charge is 0.223 e. The Morgan fingerprint density at radius 3 is 2.54 bits per heavy atom. The number of nitrogens with one attached hydrogen (secondary N) is 1. The summed E-state index contributed by atoms with van der Waals surface area (Å²) in [6.07, 6.45) is 1.65. The van der Waals surface area contributed by atoms with Gasteiger partial charge in [-0.25, -0.2) is 9.37 Å². The average Bonchev–Trinajstić information content (AvgIpc) is 3.24. The zero-order valence-corrected chi connectivity index (χ0v) is 16.3. The van der Waals surface area contributed by atoms with E-state index in [9.17, 15) is 9.18 Å². The third kappa shape index (κ3) is 4.39. The molecule has 0 unspecified atom stereocenters. The Morgan fingerprint density at radius 1 is 1.11 bits per heavy atom. The van der Waals surface area contributed by atoms with Crippen molar-refractivity contribution >= 4 is 22.4 Å². The number of carbonyl (C=O) groups is 1. The molecule has 6 heteroatoms. The molecule has 4 nitrogen and oxygen atoms in total. The molecule has 144 valence electrons. The molecule has 2 heterocycles. The lowest BCUT2D eigenvalue weighted by molar-refractivity contribution is -0.125. The maximum Gasteiger partial charge on any atom is 0.223 e. The van der Waals surface area contributed by atoms with Crippen molar-refractivity contribution in [3.8, 4) is 11.3 Å². The van der Waals surface area contributed by atoms with Gasteiger partial charge in [0.15, 0.2) is 5.13 Å². The van der Waals surface area contributed by atoms with Gasteiger partial charge in [-0.3, -0.25) is 4.79 Å². The van der Waals surface area contributed by atoms with Crippen LogP contribution in [0.15, 0.2) is 60.0 Å². The van der Waals surface area contributed by atoms with Crippen LogP contribution in [0.3, 0.4) is 0 Å². The van der Waals surface area contributed by atoms with Gasteiger partial charge in [0.1, 0.15) is 5.82 Å². The van der Waals surface area contributed by atoms with E-state index in [1.807, 2.05) is 35.7 Å². The molecule has 28 heavy (non-hydrogen) atoms. The van der Waals surface area contributed by atoms with Gasteiger partial charge in [-0.05, 0) is 42.7 Å². The Labute approximate surface area is 168 Å². The van der Waals surface area contributed by atoms with Gasteiger partial charge in [0.25, 0.3) is 0 Å². The summed E-state index contributed by atoms with van der Waals surface area (Å²) in [5.74, 6) is -0.0575. The van der Waals surface area contributed by atoms with Crippen molar-refractivity contribution in [1.29, 1.82) is 0 Å². The number of nitrogens with zero attached hydrogens (tertiary/aromatic N) is 2. The minimum absolute atomic E-state index is 0.0523. The molecule has 0 spiro atoms. The first-order chi connectivity index (χ1) is 13.7. The highest BCUT2D eigenvalue weighted by atomic mass is 32.1. The van der Waals surface area contributed by atoms with Gasteiger partial charge in [0.05, 0.1) is 5.69 Å².